The van der Waals surface area contributed by atoms with Crippen molar-refractivity contribution >= 4 is 46.3 Å². The Bertz CT molecular complexity index is 965. The monoisotopic (exact) mass is 361 g/mol. The van der Waals surface area contributed by atoms with Crippen molar-refractivity contribution in [3.8, 4) is 5.75 Å². The van der Waals surface area contributed by atoms with Gasteiger partial charge in [-0.15, -0.1) is 0 Å². The SMILES string of the molecule is [B]c1cc2c(cc1S(=O)(=O)Nc1ccc(F)cc1N)OCCC(=O)N2. The first-order chi connectivity index (χ1) is 11.8. The molecule has 0 saturated heterocycles. The van der Waals surface area contributed by atoms with Gasteiger partial charge in [0.1, 0.15) is 19.4 Å². The van der Waals surface area contributed by atoms with E-state index in [2.05, 4.69) is 10.0 Å². The van der Waals surface area contributed by atoms with Crippen molar-refractivity contribution in [2.45, 2.75) is 11.3 Å². The number of amides is 1. The Morgan fingerprint density at radius 2 is 2.04 bits per heavy atom. The lowest BCUT2D eigenvalue weighted by Crippen LogP contribution is -2.23. The maximum absolute atomic E-state index is 13.1. The van der Waals surface area contributed by atoms with Crippen molar-refractivity contribution in [2.75, 3.05) is 22.4 Å². The molecule has 0 saturated carbocycles. The second-order valence-corrected chi connectivity index (χ2v) is 7.02. The predicted octanol–water partition coefficient (Wildman–Crippen LogP) is 0.724. The number of nitrogens with two attached hydrogens (primary N) is 1. The summed E-state index contributed by atoms with van der Waals surface area (Å²) >= 11 is 0. The summed E-state index contributed by atoms with van der Waals surface area (Å²) in [7, 11) is 1.72. The van der Waals surface area contributed by atoms with Crippen LogP contribution in [0.2, 0.25) is 0 Å². The number of fused-ring (bicyclic) bond motifs is 1. The van der Waals surface area contributed by atoms with E-state index >= 15 is 0 Å². The highest BCUT2D eigenvalue weighted by Gasteiger charge is 2.23. The van der Waals surface area contributed by atoms with E-state index in [0.29, 0.717) is 5.69 Å². The molecule has 25 heavy (non-hydrogen) atoms. The van der Waals surface area contributed by atoms with E-state index < -0.39 is 15.8 Å². The van der Waals surface area contributed by atoms with Crippen molar-refractivity contribution in [1.29, 1.82) is 0 Å². The zero-order valence-corrected chi connectivity index (χ0v) is 13.7. The molecule has 3 rings (SSSR count). The summed E-state index contributed by atoms with van der Waals surface area (Å²) in [5.74, 6) is -0.660. The number of ether oxygens (including phenoxy) is 1. The lowest BCUT2D eigenvalue weighted by molar-refractivity contribution is -0.116. The van der Waals surface area contributed by atoms with Gasteiger partial charge in [0.25, 0.3) is 10.0 Å². The highest BCUT2D eigenvalue weighted by Crippen LogP contribution is 2.30. The molecule has 128 valence electrons. The first-order valence-corrected chi connectivity index (χ1v) is 8.68. The van der Waals surface area contributed by atoms with Gasteiger partial charge < -0.3 is 15.8 Å². The van der Waals surface area contributed by atoms with Crippen LogP contribution >= 0.6 is 0 Å². The number of halogens is 1. The molecule has 1 aliphatic heterocycles. The van der Waals surface area contributed by atoms with Crippen LogP contribution in [-0.2, 0) is 14.8 Å². The summed E-state index contributed by atoms with van der Waals surface area (Å²) in [4.78, 5) is 11.3. The standard InChI is InChI=1S/C15H13BFN3O4S/c16-9-6-12-13(24-4-3-15(21)19-12)7-14(9)25(22,23)20-11-2-1-8(17)5-10(11)18/h1-2,5-7,20H,3-4,18H2,(H,19,21). The van der Waals surface area contributed by atoms with E-state index in [1.165, 1.54) is 18.2 Å². The van der Waals surface area contributed by atoms with E-state index in [4.69, 9.17) is 18.3 Å². The van der Waals surface area contributed by atoms with Gasteiger partial charge in [0.15, 0.2) is 0 Å². The zero-order chi connectivity index (χ0) is 18.2. The molecule has 0 unspecified atom stereocenters. The topological polar surface area (TPSA) is 111 Å². The average Bonchev–Trinajstić information content (AvgIpc) is 2.69. The number of sulfonamides is 1. The first-order valence-electron chi connectivity index (χ1n) is 7.20. The van der Waals surface area contributed by atoms with Crippen LogP contribution in [-0.4, -0.2) is 28.8 Å². The smallest absolute Gasteiger partial charge is 0.261 e. The fourth-order valence-electron chi connectivity index (χ4n) is 2.32. The Balaban J connectivity index is 2.00. The Kier molecular flexibility index (Phi) is 4.29. The van der Waals surface area contributed by atoms with Crippen LogP contribution in [0.3, 0.4) is 0 Å². The van der Waals surface area contributed by atoms with Gasteiger partial charge in [0.2, 0.25) is 5.91 Å². The Morgan fingerprint density at radius 3 is 2.76 bits per heavy atom. The number of carbonyl (C=O) groups excluding carboxylic acids is 1. The van der Waals surface area contributed by atoms with Crippen LogP contribution in [0.5, 0.6) is 5.75 Å². The molecule has 4 N–H and O–H groups in total. The van der Waals surface area contributed by atoms with Crippen LogP contribution < -0.4 is 26.0 Å². The third-order valence-corrected chi connectivity index (χ3v) is 4.94. The van der Waals surface area contributed by atoms with Gasteiger partial charge in [-0.3, -0.25) is 9.52 Å². The van der Waals surface area contributed by atoms with Crippen molar-refractivity contribution in [2.24, 2.45) is 0 Å². The fraction of sp³-hybridized carbons (Fsp3) is 0.133. The number of carbonyl (C=O) groups is 1. The van der Waals surface area contributed by atoms with Crippen LogP contribution in [0.1, 0.15) is 6.42 Å². The number of anilines is 3. The van der Waals surface area contributed by atoms with Gasteiger partial charge in [0, 0.05) is 6.07 Å². The van der Waals surface area contributed by atoms with Crippen molar-refractivity contribution in [3.63, 3.8) is 0 Å². The Labute approximate surface area is 144 Å². The summed E-state index contributed by atoms with van der Waals surface area (Å²) in [5, 5.41) is 2.59. The second kappa shape index (κ2) is 6.28. The first kappa shape index (κ1) is 17.1. The second-order valence-electron chi connectivity index (χ2n) is 5.37. The molecule has 0 spiro atoms. The van der Waals surface area contributed by atoms with E-state index in [0.717, 1.165) is 12.1 Å². The van der Waals surface area contributed by atoms with Crippen LogP contribution in [0.25, 0.3) is 0 Å². The lowest BCUT2D eigenvalue weighted by Gasteiger charge is -2.15. The molecule has 10 heteroatoms. The van der Waals surface area contributed by atoms with Gasteiger partial charge in [-0.05, 0) is 24.3 Å². The van der Waals surface area contributed by atoms with Gasteiger partial charge >= 0.3 is 0 Å². The molecule has 2 radical (unpaired) electrons. The third kappa shape index (κ3) is 3.53. The number of nitrogens with one attached hydrogen (secondary N) is 2. The van der Waals surface area contributed by atoms with Gasteiger partial charge in [-0.1, -0.05) is 5.46 Å². The molecular weight excluding hydrogens is 348 g/mol. The summed E-state index contributed by atoms with van der Waals surface area (Å²) in [6, 6.07) is 5.81. The van der Waals surface area contributed by atoms with Gasteiger partial charge in [0.05, 0.1) is 35.0 Å². The van der Waals surface area contributed by atoms with E-state index in [1.807, 2.05) is 0 Å². The molecule has 0 aliphatic carbocycles. The normalized spacial score (nSPS) is 14.0. The average molecular weight is 361 g/mol. The van der Waals surface area contributed by atoms with Crippen LogP contribution in [0.4, 0.5) is 21.5 Å². The fourth-order valence-corrected chi connectivity index (χ4v) is 3.54. The minimum Gasteiger partial charge on any atom is -0.491 e. The van der Waals surface area contributed by atoms with Crippen molar-refractivity contribution < 1.29 is 22.3 Å². The number of rotatable bonds is 3. The molecule has 0 aromatic heterocycles. The summed E-state index contributed by atoms with van der Waals surface area (Å²) < 4.78 is 46.0. The van der Waals surface area contributed by atoms with Crippen molar-refractivity contribution in [3.05, 3.63) is 36.1 Å². The molecule has 1 amide bonds. The van der Waals surface area contributed by atoms with Gasteiger partial charge in [-0.25, -0.2) is 12.8 Å². The molecule has 0 fully saturated rings. The number of nitrogen functional groups attached to an aromatic ring is 1. The molecule has 1 heterocycles. The third-order valence-electron chi connectivity index (χ3n) is 3.52. The molecule has 0 atom stereocenters. The lowest BCUT2D eigenvalue weighted by atomic mass is 9.95. The minimum absolute atomic E-state index is 0.0185. The molecule has 1 aliphatic rings. The Morgan fingerprint density at radius 1 is 1.28 bits per heavy atom. The summed E-state index contributed by atoms with van der Waals surface area (Å²) in [5.41, 5.74) is 5.78. The number of hydrogen-bond acceptors (Lipinski definition) is 5. The minimum atomic E-state index is -4.11. The summed E-state index contributed by atoms with van der Waals surface area (Å²) in [6.45, 7) is 0.112. The van der Waals surface area contributed by atoms with Crippen molar-refractivity contribution in [1.82, 2.24) is 0 Å². The molecule has 2 aromatic carbocycles. The summed E-state index contributed by atoms with van der Waals surface area (Å²) in [6.07, 6.45) is 0.140. The molecule has 2 aromatic rings. The predicted molar refractivity (Wildman–Crippen MR) is 92.2 cm³/mol. The quantitative estimate of drug-likeness (QED) is 0.551. The highest BCUT2D eigenvalue weighted by molar-refractivity contribution is 7.93. The highest BCUT2D eigenvalue weighted by atomic mass is 32.2. The maximum atomic E-state index is 13.1. The molecule has 0 bridgehead atoms. The van der Waals surface area contributed by atoms with Crippen LogP contribution in [0, 0.1) is 5.82 Å². The van der Waals surface area contributed by atoms with E-state index in [1.54, 1.807) is 0 Å². The maximum Gasteiger partial charge on any atom is 0.261 e. The Hall–Kier alpha value is -2.75. The number of hydrogen-bond donors (Lipinski definition) is 3. The zero-order valence-electron chi connectivity index (χ0n) is 12.9. The van der Waals surface area contributed by atoms with Crippen LogP contribution in [0.15, 0.2) is 35.2 Å². The number of benzene rings is 2. The molecular formula is C15H13BFN3O4S. The van der Waals surface area contributed by atoms with Gasteiger partial charge in [-0.2, -0.15) is 0 Å². The largest absolute Gasteiger partial charge is 0.491 e. The molecule has 7 nitrogen and oxygen atoms in total. The van der Waals surface area contributed by atoms with E-state index in [9.17, 15) is 17.6 Å². The van der Waals surface area contributed by atoms with E-state index in [-0.39, 0.29) is 46.4 Å².